The Kier molecular flexibility index (Phi) is 22.0. The quantitative estimate of drug-likeness (QED) is 0.0261. The third-order valence-corrected chi connectivity index (χ3v) is 17.2. The van der Waals surface area contributed by atoms with E-state index < -0.39 is 189 Å². The van der Waals surface area contributed by atoms with Crippen molar-refractivity contribution < 1.29 is 173 Å². The molecule has 42 nitrogen and oxygen atoms in total. The van der Waals surface area contributed by atoms with Gasteiger partial charge in [-0.15, -0.1) is 0 Å². The lowest BCUT2D eigenvalue weighted by Gasteiger charge is -2.42. The molecule has 4 aromatic carbocycles. The minimum Gasteiger partial charge on any atom is -0.462 e. The summed E-state index contributed by atoms with van der Waals surface area (Å²) in [6, 6.07) is 17.4. The minimum atomic E-state index is -5.84. The van der Waals surface area contributed by atoms with E-state index >= 15 is 0 Å². The van der Waals surface area contributed by atoms with Gasteiger partial charge in [0.25, 0.3) is 20.0 Å². The molecule has 0 aromatic heterocycles. The topological polar surface area (TPSA) is 638 Å². The van der Waals surface area contributed by atoms with Crippen LogP contribution in [0.3, 0.4) is 0 Å². The van der Waals surface area contributed by atoms with Crippen molar-refractivity contribution >= 4 is 115 Å². The smallest absolute Gasteiger partial charge is 0.397 e. The summed E-state index contributed by atoms with van der Waals surface area (Å²) in [5.41, 5.74) is 0.180. The summed E-state index contributed by atoms with van der Waals surface area (Å²) < 4.78 is 374. The van der Waals surface area contributed by atoms with Gasteiger partial charge in [0, 0.05) is 11.4 Å². The second kappa shape index (κ2) is 27.0. The molecule has 0 unspecified atom stereocenters. The molecule has 10 N–H and O–H groups in total. The molecule has 0 saturated carbocycles. The second-order valence-electron chi connectivity index (χ2n) is 17.0. The van der Waals surface area contributed by atoms with Crippen LogP contribution in [0.15, 0.2) is 107 Å². The van der Waals surface area contributed by atoms with E-state index in [0.717, 1.165) is 72.8 Å². The van der Waals surface area contributed by atoms with Crippen LogP contribution in [0.25, 0.3) is 11.1 Å². The lowest BCUT2D eigenvalue weighted by Crippen LogP contribution is -2.63. The summed E-state index contributed by atoms with van der Waals surface area (Å²) in [6.07, 6.45) is -26.7. The largest absolute Gasteiger partial charge is 0.462 e. The predicted octanol–water partition coefficient (Wildman–Crippen LogP) is -2.07. The number of hydrogen-bond donors (Lipinski definition) is 10. The fourth-order valence-corrected chi connectivity index (χ4v) is 13.3. The molecule has 52 heteroatoms. The molecule has 0 bridgehead atoms. The molecular weight excluding hydrogens is 1420 g/mol. The number of rotatable bonds is 29. The number of benzene rings is 4. The van der Waals surface area contributed by atoms with Crippen molar-refractivity contribution in [1.82, 2.24) is 0 Å². The normalized spacial score (nSPS) is 23.8. The molecule has 0 amide bonds. The maximum atomic E-state index is 13.4. The van der Waals surface area contributed by atoms with E-state index in [4.69, 9.17) is 28.1 Å². The van der Waals surface area contributed by atoms with Gasteiger partial charge >= 0.3 is 83.2 Å². The number of hydrogen-bond acceptors (Lipinski definition) is 32. The first-order chi connectivity index (χ1) is 40.0. The van der Waals surface area contributed by atoms with Gasteiger partial charge in [-0.1, -0.05) is 24.3 Å². The van der Waals surface area contributed by atoms with Crippen LogP contribution in [0.2, 0.25) is 0 Å². The van der Waals surface area contributed by atoms with Crippen molar-refractivity contribution in [1.29, 1.82) is 0 Å². The predicted molar refractivity (Wildman–Crippen MR) is 278 cm³/mol. The minimum absolute atomic E-state index is 0.231. The highest BCUT2D eigenvalue weighted by Crippen LogP contribution is 2.36. The van der Waals surface area contributed by atoms with Crippen molar-refractivity contribution in [2.24, 2.45) is 0 Å². The fourth-order valence-electron chi connectivity index (χ4n) is 7.57. The summed E-state index contributed by atoms with van der Waals surface area (Å²) in [5.74, 6) is -0.989. The van der Waals surface area contributed by atoms with Crippen LogP contribution in [0.1, 0.15) is 0 Å². The first-order valence-corrected chi connectivity index (χ1v) is 36.2. The molecule has 6 rings (SSSR count). The summed E-state index contributed by atoms with van der Waals surface area (Å²) in [4.78, 5) is -0.744. The average molecular weight is 1460 g/mol. The van der Waals surface area contributed by atoms with Gasteiger partial charge in [0.1, 0.15) is 48.1 Å². The van der Waals surface area contributed by atoms with Crippen LogP contribution < -0.4 is 18.9 Å². The van der Waals surface area contributed by atoms with Gasteiger partial charge in [0.2, 0.25) is 12.6 Å². The molecule has 2 aliphatic rings. The monoisotopic (exact) mass is 1460 g/mol. The van der Waals surface area contributed by atoms with Gasteiger partial charge in [0.05, 0.1) is 23.0 Å². The molecule has 2 aliphatic heterocycles. The number of anilines is 2. The van der Waals surface area contributed by atoms with Crippen LogP contribution in [0.5, 0.6) is 11.5 Å². The zero-order valence-electron chi connectivity index (χ0n) is 42.1. The molecule has 4 aromatic rings. The maximum Gasteiger partial charge on any atom is 0.397 e. The van der Waals surface area contributed by atoms with E-state index in [9.17, 15) is 111 Å². The lowest BCUT2D eigenvalue weighted by atomic mass is 9.99. The van der Waals surface area contributed by atoms with Crippen LogP contribution in [-0.4, -0.2) is 195 Å². The van der Waals surface area contributed by atoms with Crippen LogP contribution in [0, 0.1) is 0 Å². The molecule has 10 atom stereocenters. The van der Waals surface area contributed by atoms with Crippen LogP contribution in [-0.2, 0) is 146 Å². The average Bonchev–Trinajstić information content (AvgIpc) is 0.812. The highest BCUT2D eigenvalue weighted by Gasteiger charge is 2.56. The molecule has 0 spiro atoms. The fraction of sp³-hybridized carbons (Fsp3) is 0.333. The molecule has 2 fully saturated rings. The van der Waals surface area contributed by atoms with Crippen molar-refractivity contribution in [3.05, 3.63) is 97.1 Å². The summed E-state index contributed by atoms with van der Waals surface area (Å²) in [7, 11) is -54.7. The van der Waals surface area contributed by atoms with E-state index in [1.165, 1.54) is 24.3 Å². The van der Waals surface area contributed by atoms with E-state index in [1.54, 1.807) is 0 Å². The van der Waals surface area contributed by atoms with Crippen LogP contribution in [0.4, 0.5) is 11.4 Å². The van der Waals surface area contributed by atoms with Crippen molar-refractivity contribution in [3.63, 3.8) is 0 Å². The maximum absolute atomic E-state index is 13.4. The Morgan fingerprint density at radius 3 is 0.818 bits per heavy atom. The van der Waals surface area contributed by atoms with Crippen molar-refractivity contribution in [2.45, 2.75) is 71.2 Å². The third-order valence-electron chi connectivity index (χ3n) is 10.7. The Morgan fingerprint density at radius 2 is 0.568 bits per heavy atom. The van der Waals surface area contributed by atoms with Gasteiger partial charge < -0.3 is 18.9 Å². The third kappa shape index (κ3) is 22.7. The Balaban J connectivity index is 1.14. The van der Waals surface area contributed by atoms with Gasteiger partial charge in [-0.2, -0.15) is 67.3 Å². The van der Waals surface area contributed by atoms with Crippen LogP contribution >= 0.6 is 0 Å². The van der Waals surface area contributed by atoms with Crippen molar-refractivity contribution in [2.75, 3.05) is 22.7 Å². The van der Waals surface area contributed by atoms with E-state index in [0.29, 0.717) is 11.1 Å². The molecule has 88 heavy (non-hydrogen) atoms. The molecule has 0 aliphatic carbocycles. The standard InChI is InChI=1S/C36H40N2O40S10/c39-79(40,37-21-5-9-23(10-6-21)69-35-33(77-87(61,62)63)31(75-85(55,56)57)29(73-83(49,50)51)27(71-35)17-67-81(43,44)45)25-13-1-19(2-14-25)20-3-15-26(16-4-20)80(41,42)38-22-7-11-24(12-8-22)70-36-34(78-88(64,65)66)32(76-86(58,59)60)30(74-84(52,53)54)28(72-36)18-68-82(46,47)48/h1-16,27-38H,17-18H2,(H,43,44,45)(H,46,47,48)(H,49,50,51)(H,52,53,54)(H,55,56,57)(H,58,59,60)(H,61,62,63)(H,64,65,66)/t27-,28-,29-,30-,31+,32+,33-,34-,35-,36-/m1/s1. The van der Waals surface area contributed by atoms with E-state index in [2.05, 4.69) is 42.9 Å². The summed E-state index contributed by atoms with van der Waals surface area (Å²) in [6.45, 7) is -3.12. The number of sulfonamides is 2. The number of ether oxygens (including phenoxy) is 4. The lowest BCUT2D eigenvalue weighted by molar-refractivity contribution is -0.260. The SMILES string of the molecule is O=S(=O)(O)OC[C@H]1O[C@@H](Oc2ccc(NS(=O)(=O)c3ccc(-c4ccc(S(=O)(=O)Nc5ccc(O[C@@H]6O[C@H](COS(=O)(=O)O)[C@@H](OS(=O)(=O)O)[C@H](OS(=O)(=O)O)[C@H]6OS(=O)(=O)O)cc5)cc4)cc3)cc2)[C@H](OS(=O)(=O)O)[C@@H](OS(=O)(=O)O)[C@@H]1OS(=O)(=O)O. The summed E-state index contributed by atoms with van der Waals surface area (Å²) in [5, 5.41) is 0. The first kappa shape index (κ1) is 71.9. The van der Waals surface area contributed by atoms with E-state index in [1.807, 2.05) is 0 Å². The van der Waals surface area contributed by atoms with Crippen molar-refractivity contribution in [3.8, 4) is 22.6 Å². The van der Waals surface area contributed by atoms with Gasteiger partial charge in [-0.3, -0.25) is 45.9 Å². The molecule has 494 valence electrons. The molecule has 0 radical (unpaired) electrons. The zero-order valence-corrected chi connectivity index (χ0v) is 50.3. The Hall–Kier alpha value is -5.14. The first-order valence-electron chi connectivity index (χ1n) is 22.3. The van der Waals surface area contributed by atoms with Gasteiger partial charge in [-0.25, -0.2) is 50.3 Å². The Morgan fingerprint density at radius 1 is 0.318 bits per heavy atom. The Bertz CT molecular complexity index is 4070. The molecular formula is C36H40N2O40S10. The second-order valence-corrected chi connectivity index (χ2v) is 28.8. The number of nitrogens with one attached hydrogen (secondary N) is 2. The molecule has 2 heterocycles. The highest BCUT2D eigenvalue weighted by molar-refractivity contribution is 7.93. The van der Waals surface area contributed by atoms with Gasteiger partial charge in [-0.05, 0) is 83.9 Å². The Labute approximate surface area is 498 Å². The zero-order chi connectivity index (χ0) is 66.0. The van der Waals surface area contributed by atoms with E-state index in [-0.39, 0.29) is 21.2 Å². The molecule has 2 saturated heterocycles. The van der Waals surface area contributed by atoms with Gasteiger partial charge in [0.15, 0.2) is 12.2 Å². The highest BCUT2D eigenvalue weighted by atomic mass is 32.3. The summed E-state index contributed by atoms with van der Waals surface area (Å²) >= 11 is 0.